The fourth-order valence-corrected chi connectivity index (χ4v) is 2.47. The Balaban J connectivity index is 1.76. The first kappa shape index (κ1) is 16.2. The molecule has 0 amide bonds. The minimum absolute atomic E-state index is 0.00317. The molecule has 0 fully saturated rings. The van der Waals surface area contributed by atoms with Crippen molar-refractivity contribution in [2.45, 2.75) is 39.7 Å². The van der Waals surface area contributed by atoms with Crippen molar-refractivity contribution < 1.29 is 4.74 Å². The van der Waals surface area contributed by atoms with Gasteiger partial charge in [0.1, 0.15) is 17.7 Å². The van der Waals surface area contributed by atoms with Crippen molar-refractivity contribution in [2.24, 2.45) is 0 Å². The second-order valence-electron chi connectivity index (χ2n) is 6.27. The van der Waals surface area contributed by atoms with Crippen molar-refractivity contribution in [2.75, 3.05) is 11.9 Å². The number of nitrogens with zero attached hydrogens (tertiary/aromatic N) is 4. The van der Waals surface area contributed by atoms with Crippen LogP contribution in [-0.4, -0.2) is 32.2 Å². The summed E-state index contributed by atoms with van der Waals surface area (Å²) in [6, 6.07) is 7.82. The Kier molecular flexibility index (Phi) is 4.64. The van der Waals surface area contributed by atoms with E-state index in [4.69, 9.17) is 4.74 Å². The molecule has 0 saturated carbocycles. The maximum Gasteiger partial charge on any atom is 0.157 e. The third-order valence-electron chi connectivity index (χ3n) is 3.70. The number of ether oxygens (including phenoxy) is 1. The van der Waals surface area contributed by atoms with Crippen LogP contribution in [0.1, 0.15) is 38.1 Å². The van der Waals surface area contributed by atoms with E-state index in [9.17, 15) is 0 Å². The number of aryl methyl sites for hydroxylation is 1. The van der Waals surface area contributed by atoms with Crippen molar-refractivity contribution in [1.82, 2.24) is 19.6 Å². The Morgan fingerprint density at radius 3 is 2.79 bits per heavy atom. The van der Waals surface area contributed by atoms with E-state index in [2.05, 4.69) is 40.3 Å². The van der Waals surface area contributed by atoms with Crippen LogP contribution in [0, 0.1) is 6.92 Å². The monoisotopic (exact) mass is 325 g/mol. The Hall–Kier alpha value is -2.63. The van der Waals surface area contributed by atoms with Crippen molar-refractivity contribution in [3.05, 3.63) is 48.0 Å². The van der Waals surface area contributed by atoms with Crippen molar-refractivity contribution in [1.29, 1.82) is 0 Å². The first-order valence-electron chi connectivity index (χ1n) is 8.21. The molecule has 3 rings (SSSR count). The lowest BCUT2D eigenvalue weighted by Gasteiger charge is -2.17. The molecule has 0 aliphatic carbocycles. The second kappa shape index (κ2) is 6.86. The lowest BCUT2D eigenvalue weighted by atomic mass is 10.1. The molecule has 0 aliphatic heterocycles. The van der Waals surface area contributed by atoms with Crippen LogP contribution >= 0.6 is 0 Å². The summed E-state index contributed by atoms with van der Waals surface area (Å²) in [6.07, 6.45) is 3.45. The standard InChI is InChI=1S/C18H23N5O/c1-12(2)16-9-17(23-18(21-16)8-13(3)22-23)20-10-14(4)24-15-6-5-7-19-11-15/h5-9,11-12,14,20H,10H2,1-4H3/t14-/m1/s1. The summed E-state index contributed by atoms with van der Waals surface area (Å²) in [7, 11) is 0. The lowest BCUT2D eigenvalue weighted by molar-refractivity contribution is 0.233. The summed E-state index contributed by atoms with van der Waals surface area (Å²) in [5.74, 6) is 2.05. The van der Waals surface area contributed by atoms with Crippen molar-refractivity contribution in [3.63, 3.8) is 0 Å². The van der Waals surface area contributed by atoms with E-state index in [1.165, 1.54) is 0 Å². The second-order valence-corrected chi connectivity index (χ2v) is 6.27. The number of aromatic nitrogens is 4. The molecule has 0 radical (unpaired) electrons. The molecule has 0 aromatic carbocycles. The van der Waals surface area contributed by atoms with E-state index >= 15 is 0 Å². The fourth-order valence-electron chi connectivity index (χ4n) is 2.47. The van der Waals surface area contributed by atoms with Crippen molar-refractivity contribution in [3.8, 4) is 5.75 Å². The Labute approximate surface area is 141 Å². The summed E-state index contributed by atoms with van der Waals surface area (Å²) < 4.78 is 7.71. The van der Waals surface area contributed by atoms with E-state index in [-0.39, 0.29) is 6.10 Å². The van der Waals surface area contributed by atoms with Crippen LogP contribution in [0.15, 0.2) is 36.7 Å². The van der Waals surface area contributed by atoms with Crippen LogP contribution in [0.4, 0.5) is 5.82 Å². The zero-order chi connectivity index (χ0) is 17.1. The van der Waals surface area contributed by atoms with E-state index in [0.29, 0.717) is 12.5 Å². The highest BCUT2D eigenvalue weighted by atomic mass is 16.5. The normalized spacial score (nSPS) is 12.5. The lowest BCUT2D eigenvalue weighted by Crippen LogP contribution is -2.24. The quantitative estimate of drug-likeness (QED) is 0.752. The summed E-state index contributed by atoms with van der Waals surface area (Å²) in [5.41, 5.74) is 2.86. The summed E-state index contributed by atoms with van der Waals surface area (Å²) in [4.78, 5) is 8.73. The molecule has 1 atom stereocenters. The molecule has 24 heavy (non-hydrogen) atoms. The first-order chi connectivity index (χ1) is 11.5. The highest BCUT2D eigenvalue weighted by molar-refractivity contribution is 5.51. The molecule has 0 saturated heterocycles. The molecule has 0 bridgehead atoms. The van der Waals surface area contributed by atoms with Crippen LogP contribution in [0.5, 0.6) is 5.75 Å². The van der Waals surface area contributed by atoms with Crippen LogP contribution in [-0.2, 0) is 0 Å². The fraction of sp³-hybridized carbons (Fsp3) is 0.389. The third kappa shape index (κ3) is 3.64. The van der Waals surface area contributed by atoms with Gasteiger partial charge < -0.3 is 10.1 Å². The molecule has 3 heterocycles. The van der Waals surface area contributed by atoms with Gasteiger partial charge in [-0.3, -0.25) is 4.98 Å². The Morgan fingerprint density at radius 2 is 2.08 bits per heavy atom. The zero-order valence-electron chi connectivity index (χ0n) is 14.5. The Bertz CT molecular complexity index is 813. The largest absolute Gasteiger partial charge is 0.487 e. The molecule has 126 valence electrons. The maximum absolute atomic E-state index is 5.86. The van der Waals surface area contributed by atoms with Crippen LogP contribution < -0.4 is 10.1 Å². The molecule has 6 heteroatoms. The van der Waals surface area contributed by atoms with Gasteiger partial charge in [0.05, 0.1) is 18.4 Å². The van der Waals surface area contributed by atoms with Gasteiger partial charge in [-0.1, -0.05) is 13.8 Å². The minimum Gasteiger partial charge on any atom is -0.487 e. The zero-order valence-corrected chi connectivity index (χ0v) is 14.5. The molecule has 0 spiro atoms. The molecule has 1 N–H and O–H groups in total. The van der Waals surface area contributed by atoms with Gasteiger partial charge in [0, 0.05) is 24.0 Å². The van der Waals surface area contributed by atoms with Gasteiger partial charge in [-0.05, 0) is 31.9 Å². The number of fused-ring (bicyclic) bond motifs is 1. The average Bonchev–Trinajstić information content (AvgIpc) is 2.93. The van der Waals surface area contributed by atoms with Gasteiger partial charge in [0.15, 0.2) is 5.65 Å². The highest BCUT2D eigenvalue weighted by Crippen LogP contribution is 2.20. The summed E-state index contributed by atoms with van der Waals surface area (Å²) in [5, 5.41) is 7.95. The van der Waals surface area contributed by atoms with Crippen LogP contribution in [0.2, 0.25) is 0 Å². The van der Waals surface area contributed by atoms with E-state index in [1.807, 2.05) is 36.6 Å². The molecule has 0 aliphatic rings. The highest BCUT2D eigenvalue weighted by Gasteiger charge is 2.12. The van der Waals surface area contributed by atoms with Crippen molar-refractivity contribution >= 4 is 11.5 Å². The molecule has 3 aromatic heterocycles. The van der Waals surface area contributed by atoms with E-state index in [0.717, 1.165) is 28.6 Å². The SMILES string of the molecule is Cc1cc2nc(C(C)C)cc(NC[C@@H](C)Oc3cccnc3)n2n1. The number of pyridine rings is 1. The molecular weight excluding hydrogens is 302 g/mol. The van der Waals surface area contributed by atoms with Crippen LogP contribution in [0.3, 0.4) is 0 Å². The van der Waals surface area contributed by atoms with Crippen LogP contribution in [0.25, 0.3) is 5.65 Å². The average molecular weight is 325 g/mol. The number of hydrogen-bond donors (Lipinski definition) is 1. The van der Waals surface area contributed by atoms with Gasteiger partial charge in [-0.15, -0.1) is 0 Å². The van der Waals surface area contributed by atoms with Gasteiger partial charge >= 0.3 is 0 Å². The molecular formula is C18H23N5O. The first-order valence-corrected chi connectivity index (χ1v) is 8.21. The number of nitrogens with one attached hydrogen (secondary N) is 1. The molecule has 6 nitrogen and oxygen atoms in total. The predicted molar refractivity (Wildman–Crippen MR) is 94.6 cm³/mol. The topological polar surface area (TPSA) is 64.3 Å². The van der Waals surface area contributed by atoms with Gasteiger partial charge in [-0.2, -0.15) is 9.61 Å². The van der Waals surface area contributed by atoms with E-state index in [1.54, 1.807) is 12.4 Å². The summed E-state index contributed by atoms with van der Waals surface area (Å²) >= 11 is 0. The molecule has 0 unspecified atom stereocenters. The van der Waals surface area contributed by atoms with Gasteiger partial charge in [0.2, 0.25) is 0 Å². The van der Waals surface area contributed by atoms with Gasteiger partial charge in [-0.25, -0.2) is 4.98 Å². The minimum atomic E-state index is -0.00317. The third-order valence-corrected chi connectivity index (χ3v) is 3.70. The number of rotatable bonds is 6. The van der Waals surface area contributed by atoms with Gasteiger partial charge in [0.25, 0.3) is 0 Å². The number of hydrogen-bond acceptors (Lipinski definition) is 5. The maximum atomic E-state index is 5.86. The smallest absolute Gasteiger partial charge is 0.157 e. The summed E-state index contributed by atoms with van der Waals surface area (Å²) in [6.45, 7) is 8.93. The number of anilines is 1. The Morgan fingerprint density at radius 1 is 1.25 bits per heavy atom. The predicted octanol–water partition coefficient (Wildman–Crippen LogP) is 3.44. The molecule has 3 aromatic rings. The van der Waals surface area contributed by atoms with E-state index < -0.39 is 0 Å².